The van der Waals surface area contributed by atoms with Gasteiger partial charge in [-0.15, -0.1) is 0 Å². The average Bonchev–Trinajstić information content (AvgIpc) is 2.96. The van der Waals surface area contributed by atoms with Crippen LogP contribution in [0.25, 0.3) is 11.1 Å². The Labute approximate surface area is 242 Å². The summed E-state index contributed by atoms with van der Waals surface area (Å²) in [6.45, 7) is 4.83. The molecular formula is C30H29FN4O6S. The molecule has 10 nitrogen and oxygen atoms in total. The van der Waals surface area contributed by atoms with Crippen molar-refractivity contribution in [3.05, 3.63) is 99.6 Å². The third-order valence-corrected chi connectivity index (χ3v) is 8.39. The van der Waals surface area contributed by atoms with Crippen molar-refractivity contribution in [1.82, 2.24) is 14.5 Å². The Morgan fingerprint density at radius 3 is 2.50 bits per heavy atom. The second-order valence-electron chi connectivity index (χ2n) is 9.73. The summed E-state index contributed by atoms with van der Waals surface area (Å²) in [4.78, 5) is 19.7. The van der Waals surface area contributed by atoms with Crippen LogP contribution in [0, 0.1) is 24.2 Å². The molecule has 1 unspecified atom stereocenters. The molecule has 0 bridgehead atoms. The molecule has 0 amide bonds. The maximum Gasteiger partial charge on any atom is 0.296 e. The summed E-state index contributed by atoms with van der Waals surface area (Å²) in [5.74, 6) is -1.52. The number of rotatable bonds is 10. The van der Waals surface area contributed by atoms with Crippen LogP contribution in [0.1, 0.15) is 42.4 Å². The normalized spacial score (nSPS) is 12.3. The Kier molecular flexibility index (Phi) is 9.16. The van der Waals surface area contributed by atoms with E-state index in [1.54, 1.807) is 51.1 Å². The van der Waals surface area contributed by atoms with E-state index in [1.165, 1.54) is 42.1 Å². The van der Waals surface area contributed by atoms with Gasteiger partial charge in [0.25, 0.3) is 5.56 Å². The van der Waals surface area contributed by atoms with Gasteiger partial charge in [-0.1, -0.05) is 24.3 Å². The van der Waals surface area contributed by atoms with Gasteiger partial charge in [-0.25, -0.2) is 13.4 Å². The molecule has 0 saturated carbocycles. The summed E-state index contributed by atoms with van der Waals surface area (Å²) in [5, 5.41) is 20.9. The van der Waals surface area contributed by atoms with Crippen LogP contribution < -0.4 is 5.56 Å². The highest BCUT2D eigenvalue weighted by atomic mass is 32.2. The molecule has 1 atom stereocenters. The molecule has 12 heteroatoms. The van der Waals surface area contributed by atoms with Gasteiger partial charge in [-0.2, -0.15) is 14.6 Å². The van der Waals surface area contributed by atoms with Gasteiger partial charge in [0.15, 0.2) is 4.90 Å². The van der Waals surface area contributed by atoms with E-state index in [4.69, 9.17) is 9.47 Å². The second-order valence-corrected chi connectivity index (χ2v) is 11.6. The molecule has 4 aromatic rings. The van der Waals surface area contributed by atoms with Crippen molar-refractivity contribution < 1.29 is 27.4 Å². The SMILES string of the molecule is COCC(c1cccc(C#N)c1)n1c(COC(C)C)nc(=O)c(S(=O)(=O)c2ccc(-c3ccnc(F)c3C)cc2)c1O. The first kappa shape index (κ1) is 30.5. The summed E-state index contributed by atoms with van der Waals surface area (Å²) >= 11 is 0. The minimum absolute atomic E-state index is 0.0277. The number of ether oxygens (including phenoxy) is 2. The van der Waals surface area contributed by atoms with Crippen LogP contribution in [0.3, 0.4) is 0 Å². The molecule has 42 heavy (non-hydrogen) atoms. The zero-order chi connectivity index (χ0) is 30.6. The zero-order valence-electron chi connectivity index (χ0n) is 23.4. The number of hydrogen-bond acceptors (Lipinski definition) is 9. The van der Waals surface area contributed by atoms with E-state index in [9.17, 15) is 28.0 Å². The van der Waals surface area contributed by atoms with Gasteiger partial charge in [-0.05, 0) is 67.8 Å². The van der Waals surface area contributed by atoms with E-state index in [1.807, 2.05) is 0 Å². The van der Waals surface area contributed by atoms with Crippen molar-refractivity contribution in [2.45, 2.75) is 49.3 Å². The van der Waals surface area contributed by atoms with Gasteiger partial charge in [0.1, 0.15) is 12.4 Å². The first-order chi connectivity index (χ1) is 20.0. The van der Waals surface area contributed by atoms with Gasteiger partial charge in [0, 0.05) is 18.9 Å². The van der Waals surface area contributed by atoms with Crippen LogP contribution in [0.2, 0.25) is 0 Å². The highest BCUT2D eigenvalue weighted by Gasteiger charge is 2.32. The Morgan fingerprint density at radius 1 is 1.14 bits per heavy atom. The highest BCUT2D eigenvalue weighted by Crippen LogP contribution is 2.33. The predicted octanol–water partition coefficient (Wildman–Crippen LogP) is 4.32. The number of methoxy groups -OCH3 is 1. The minimum Gasteiger partial charge on any atom is -0.493 e. The molecule has 2 aromatic heterocycles. The summed E-state index contributed by atoms with van der Waals surface area (Å²) < 4.78 is 53.8. The maximum atomic E-state index is 14.0. The smallest absolute Gasteiger partial charge is 0.296 e. The third-order valence-electron chi connectivity index (χ3n) is 6.60. The molecule has 0 fully saturated rings. The van der Waals surface area contributed by atoms with E-state index in [2.05, 4.69) is 16.0 Å². The van der Waals surface area contributed by atoms with E-state index >= 15 is 0 Å². The quantitative estimate of drug-likeness (QED) is 0.266. The molecule has 0 aliphatic carbocycles. The number of nitriles is 1. The fourth-order valence-corrected chi connectivity index (χ4v) is 5.85. The van der Waals surface area contributed by atoms with Gasteiger partial charge in [-0.3, -0.25) is 9.36 Å². The number of aromatic hydroxyl groups is 1. The topological polar surface area (TPSA) is 144 Å². The zero-order valence-corrected chi connectivity index (χ0v) is 24.2. The number of nitrogens with zero attached hydrogens (tertiary/aromatic N) is 4. The van der Waals surface area contributed by atoms with Crippen LogP contribution in [0.4, 0.5) is 4.39 Å². The van der Waals surface area contributed by atoms with Crippen LogP contribution in [0.5, 0.6) is 5.88 Å². The van der Waals surface area contributed by atoms with E-state index in [0.29, 0.717) is 27.8 Å². The molecule has 0 spiro atoms. The van der Waals surface area contributed by atoms with E-state index in [0.717, 1.165) is 0 Å². The third kappa shape index (κ3) is 6.08. The predicted molar refractivity (Wildman–Crippen MR) is 151 cm³/mol. The van der Waals surface area contributed by atoms with Gasteiger partial charge >= 0.3 is 0 Å². The molecule has 2 heterocycles. The van der Waals surface area contributed by atoms with Gasteiger partial charge in [0.05, 0.1) is 35.3 Å². The van der Waals surface area contributed by atoms with Crippen LogP contribution >= 0.6 is 0 Å². The molecule has 1 N–H and O–H groups in total. The van der Waals surface area contributed by atoms with Crippen molar-refractivity contribution in [1.29, 1.82) is 5.26 Å². The molecule has 2 aromatic carbocycles. The summed E-state index contributed by atoms with van der Waals surface area (Å²) in [6.07, 6.45) is 1.04. The molecule has 0 aliphatic rings. The second kappa shape index (κ2) is 12.6. The Morgan fingerprint density at radius 2 is 1.86 bits per heavy atom. The van der Waals surface area contributed by atoms with Crippen molar-refractivity contribution in [3.63, 3.8) is 0 Å². The number of pyridine rings is 1. The lowest BCUT2D eigenvalue weighted by molar-refractivity contribution is 0.0554. The monoisotopic (exact) mass is 592 g/mol. The lowest BCUT2D eigenvalue weighted by Gasteiger charge is -2.26. The Bertz CT molecular complexity index is 1820. The Balaban J connectivity index is 1.90. The first-order valence-corrected chi connectivity index (χ1v) is 14.4. The van der Waals surface area contributed by atoms with Gasteiger partial charge < -0.3 is 14.6 Å². The summed E-state index contributed by atoms with van der Waals surface area (Å²) in [6, 6.07) is 14.8. The standard InChI is InChI=1S/C30H29FN4O6S/c1-18(2)41-17-26-34-29(36)27(30(37)35(26)25(16-40-4)22-7-5-6-20(14-22)15-32)42(38,39)23-10-8-21(9-11-23)24-12-13-33-28(31)19(24)3/h5-14,18,25,37H,16-17H2,1-4H3. The number of halogens is 1. The molecule has 0 radical (unpaired) electrons. The minimum atomic E-state index is -4.60. The number of benzene rings is 2. The van der Waals surface area contributed by atoms with Crippen molar-refractivity contribution in [3.8, 4) is 23.1 Å². The molecule has 218 valence electrons. The first-order valence-electron chi connectivity index (χ1n) is 12.9. The largest absolute Gasteiger partial charge is 0.493 e. The van der Waals surface area contributed by atoms with Crippen LogP contribution in [0.15, 0.2) is 75.4 Å². The fourth-order valence-electron chi connectivity index (χ4n) is 4.50. The number of aromatic nitrogens is 3. The van der Waals surface area contributed by atoms with Gasteiger partial charge in [0.2, 0.25) is 21.7 Å². The molecular weight excluding hydrogens is 563 g/mol. The molecule has 0 aliphatic heterocycles. The summed E-state index contributed by atoms with van der Waals surface area (Å²) in [7, 11) is -3.17. The van der Waals surface area contributed by atoms with Crippen molar-refractivity contribution >= 4 is 9.84 Å². The fraction of sp³-hybridized carbons (Fsp3) is 0.267. The molecule has 4 rings (SSSR count). The molecule has 0 saturated heterocycles. The number of hydrogen-bond donors (Lipinski definition) is 1. The van der Waals surface area contributed by atoms with Crippen molar-refractivity contribution in [2.75, 3.05) is 13.7 Å². The lowest BCUT2D eigenvalue weighted by atomic mass is 10.0. The maximum absolute atomic E-state index is 14.0. The van der Waals surface area contributed by atoms with E-state index in [-0.39, 0.29) is 30.0 Å². The highest BCUT2D eigenvalue weighted by molar-refractivity contribution is 7.91. The average molecular weight is 593 g/mol. The van der Waals surface area contributed by atoms with Crippen LogP contribution in [-0.2, 0) is 25.9 Å². The van der Waals surface area contributed by atoms with Crippen molar-refractivity contribution in [2.24, 2.45) is 0 Å². The lowest BCUT2D eigenvalue weighted by Crippen LogP contribution is -2.29. The van der Waals surface area contributed by atoms with E-state index < -0.39 is 38.2 Å². The number of sulfone groups is 1. The van der Waals surface area contributed by atoms with Crippen LogP contribution in [-0.4, -0.2) is 47.9 Å². The summed E-state index contributed by atoms with van der Waals surface area (Å²) in [5.41, 5.74) is 1.03. The Hall–Kier alpha value is -4.44.